The average molecular weight is 521 g/mol. The summed E-state index contributed by atoms with van der Waals surface area (Å²) in [5.74, 6) is -2.53. The second-order valence-corrected chi connectivity index (χ2v) is 8.66. The molecule has 0 bridgehead atoms. The average Bonchev–Trinajstić information content (AvgIpc) is 3.45. The largest absolute Gasteiger partial charge is 0.494 e. The van der Waals surface area contributed by atoms with Crippen LogP contribution in [0.5, 0.6) is 5.88 Å². The molecule has 0 saturated carbocycles. The van der Waals surface area contributed by atoms with Gasteiger partial charge in [-0.3, -0.25) is 23.9 Å². The second kappa shape index (κ2) is 9.86. The number of anilines is 2. The third-order valence-corrected chi connectivity index (χ3v) is 6.07. The van der Waals surface area contributed by atoms with Crippen LogP contribution < -0.4 is 16.0 Å². The van der Waals surface area contributed by atoms with Crippen LogP contribution in [-0.2, 0) is 30.9 Å². The standard InChI is InChI=1S/C25H23N5O8/c1-13(31)37-19(22(32)26-16-6-3-14(4-7-16)21-27-25(35)38-28-21)20-24(34)30(9-10-36-20)17-8-5-15-12-29(2)23(33)18(15)11-17/h3-8,11-12,19-20,33H,9-10H2,1-2H3,(H,26,32)(H,27,28,35)/t19-,20-/m1/s1. The van der Waals surface area contributed by atoms with Gasteiger partial charge in [0.2, 0.25) is 6.10 Å². The molecule has 3 heterocycles. The van der Waals surface area contributed by atoms with Crippen LogP contribution in [0.2, 0.25) is 0 Å². The van der Waals surface area contributed by atoms with E-state index in [1.807, 2.05) is 0 Å². The Bertz CT molecular complexity index is 1590. The lowest BCUT2D eigenvalue weighted by molar-refractivity contribution is -0.167. The lowest BCUT2D eigenvalue weighted by Crippen LogP contribution is -2.56. The van der Waals surface area contributed by atoms with Crippen molar-refractivity contribution in [1.29, 1.82) is 0 Å². The monoisotopic (exact) mass is 521 g/mol. The van der Waals surface area contributed by atoms with E-state index in [2.05, 4.69) is 20.0 Å². The van der Waals surface area contributed by atoms with E-state index in [1.54, 1.807) is 60.3 Å². The van der Waals surface area contributed by atoms with Crippen LogP contribution in [0.1, 0.15) is 6.92 Å². The molecule has 2 aromatic carbocycles. The van der Waals surface area contributed by atoms with Gasteiger partial charge in [-0.1, -0.05) is 11.2 Å². The SMILES string of the molecule is CC(=O)O[C@@H](C(=O)Nc1ccc(-c2noc(=O)[nH]2)cc1)[C@H]1OCCN(c2ccc3cn(C)c(O)c3c2)C1=O. The van der Waals surface area contributed by atoms with Gasteiger partial charge >= 0.3 is 11.7 Å². The van der Waals surface area contributed by atoms with E-state index in [1.165, 1.54) is 4.90 Å². The topological polar surface area (TPSA) is 169 Å². The number of H-pyrrole nitrogens is 1. The van der Waals surface area contributed by atoms with Gasteiger partial charge in [-0.25, -0.2) is 4.79 Å². The van der Waals surface area contributed by atoms with Crippen LogP contribution in [-0.4, -0.2) is 63.0 Å². The second-order valence-electron chi connectivity index (χ2n) is 8.66. The summed E-state index contributed by atoms with van der Waals surface area (Å²) < 4.78 is 16.9. The number of ether oxygens (including phenoxy) is 2. The molecule has 13 nitrogen and oxygen atoms in total. The normalized spacial score (nSPS) is 16.4. The summed E-state index contributed by atoms with van der Waals surface area (Å²) in [6, 6.07) is 11.4. The van der Waals surface area contributed by atoms with E-state index in [4.69, 9.17) is 9.47 Å². The fourth-order valence-electron chi connectivity index (χ4n) is 4.27. The first kappa shape index (κ1) is 24.8. The summed E-state index contributed by atoms with van der Waals surface area (Å²) in [5.41, 5.74) is 1.38. The molecule has 13 heteroatoms. The van der Waals surface area contributed by atoms with Gasteiger partial charge in [0.15, 0.2) is 17.8 Å². The highest BCUT2D eigenvalue weighted by atomic mass is 16.6. The molecule has 5 rings (SSSR count). The molecule has 1 aliphatic heterocycles. The molecule has 0 aliphatic carbocycles. The highest BCUT2D eigenvalue weighted by molar-refractivity contribution is 6.05. The highest BCUT2D eigenvalue weighted by Gasteiger charge is 2.42. The zero-order valence-corrected chi connectivity index (χ0v) is 20.3. The van der Waals surface area contributed by atoms with Crippen molar-refractivity contribution in [3.05, 3.63) is 59.2 Å². The fourth-order valence-corrected chi connectivity index (χ4v) is 4.27. The van der Waals surface area contributed by atoms with Gasteiger partial charge < -0.3 is 29.4 Å². The van der Waals surface area contributed by atoms with Crippen LogP contribution >= 0.6 is 0 Å². The van der Waals surface area contributed by atoms with Crippen LogP contribution in [0.15, 0.2) is 58.0 Å². The number of morpholine rings is 1. The maximum Gasteiger partial charge on any atom is 0.439 e. The van der Waals surface area contributed by atoms with Crippen molar-refractivity contribution in [2.75, 3.05) is 23.4 Å². The predicted octanol–water partition coefficient (Wildman–Crippen LogP) is 1.53. The maximum atomic E-state index is 13.5. The lowest BCUT2D eigenvalue weighted by atomic mass is 10.1. The molecule has 4 aromatic rings. The number of aryl methyl sites for hydroxylation is 1. The molecule has 0 unspecified atom stereocenters. The molecule has 1 aliphatic rings. The van der Waals surface area contributed by atoms with Gasteiger partial charge in [0.05, 0.1) is 6.61 Å². The Morgan fingerprint density at radius 1 is 1.21 bits per heavy atom. The number of aromatic amines is 1. The Balaban J connectivity index is 1.36. The first-order valence-corrected chi connectivity index (χ1v) is 11.6. The number of hydrogen-bond acceptors (Lipinski definition) is 9. The van der Waals surface area contributed by atoms with E-state index >= 15 is 0 Å². The Morgan fingerprint density at radius 3 is 2.66 bits per heavy atom. The number of aromatic nitrogens is 3. The van der Waals surface area contributed by atoms with Crippen molar-refractivity contribution in [1.82, 2.24) is 14.7 Å². The Kier molecular flexibility index (Phi) is 6.43. The number of fused-ring (bicyclic) bond motifs is 1. The minimum Gasteiger partial charge on any atom is -0.494 e. The minimum absolute atomic E-state index is 0.0530. The van der Waals surface area contributed by atoms with E-state index < -0.39 is 35.7 Å². The molecule has 2 amide bonds. The zero-order chi connectivity index (χ0) is 27.0. The number of amides is 2. The Morgan fingerprint density at radius 2 is 1.97 bits per heavy atom. The number of benzene rings is 2. The first-order valence-electron chi connectivity index (χ1n) is 11.6. The van der Waals surface area contributed by atoms with Crippen LogP contribution in [0, 0.1) is 0 Å². The molecule has 0 radical (unpaired) electrons. The fraction of sp³-hybridized carbons (Fsp3) is 0.240. The molecule has 3 N–H and O–H groups in total. The predicted molar refractivity (Wildman–Crippen MR) is 133 cm³/mol. The number of rotatable bonds is 6. The number of nitrogens with zero attached hydrogens (tertiary/aromatic N) is 3. The molecular formula is C25H23N5O8. The van der Waals surface area contributed by atoms with Gasteiger partial charge in [-0.15, -0.1) is 0 Å². The van der Waals surface area contributed by atoms with E-state index in [0.29, 0.717) is 22.3 Å². The number of carbonyl (C=O) groups excluding carboxylic acids is 3. The summed E-state index contributed by atoms with van der Waals surface area (Å²) in [4.78, 5) is 53.5. The van der Waals surface area contributed by atoms with Crippen molar-refractivity contribution in [2.24, 2.45) is 7.05 Å². The third-order valence-electron chi connectivity index (χ3n) is 6.07. The lowest BCUT2D eigenvalue weighted by Gasteiger charge is -2.35. The van der Waals surface area contributed by atoms with Gasteiger partial charge in [0, 0.05) is 54.4 Å². The quantitative estimate of drug-likeness (QED) is 0.319. The van der Waals surface area contributed by atoms with Gasteiger partial charge in [-0.05, 0) is 36.4 Å². The molecule has 1 fully saturated rings. The van der Waals surface area contributed by atoms with Crippen molar-refractivity contribution < 1.29 is 33.5 Å². The third kappa shape index (κ3) is 4.74. The van der Waals surface area contributed by atoms with Gasteiger partial charge in [0.25, 0.3) is 11.8 Å². The van der Waals surface area contributed by atoms with Crippen molar-refractivity contribution in [3.8, 4) is 17.3 Å². The van der Waals surface area contributed by atoms with E-state index in [-0.39, 0.29) is 24.9 Å². The molecule has 1 saturated heterocycles. The number of nitrogens with one attached hydrogen (secondary N) is 2. The first-order chi connectivity index (χ1) is 18.2. The molecule has 196 valence electrons. The highest BCUT2D eigenvalue weighted by Crippen LogP contribution is 2.31. The Labute approximate surface area is 214 Å². The van der Waals surface area contributed by atoms with Gasteiger partial charge in [-0.2, -0.15) is 0 Å². The molecular weight excluding hydrogens is 498 g/mol. The van der Waals surface area contributed by atoms with Crippen LogP contribution in [0.4, 0.5) is 11.4 Å². The summed E-state index contributed by atoms with van der Waals surface area (Å²) in [6.45, 7) is 1.42. The number of aromatic hydroxyl groups is 1. The smallest absolute Gasteiger partial charge is 0.439 e. The van der Waals surface area contributed by atoms with Crippen molar-refractivity contribution >= 4 is 39.9 Å². The maximum absolute atomic E-state index is 13.5. The zero-order valence-electron chi connectivity index (χ0n) is 20.3. The van der Waals surface area contributed by atoms with Crippen LogP contribution in [0.25, 0.3) is 22.2 Å². The molecule has 38 heavy (non-hydrogen) atoms. The van der Waals surface area contributed by atoms with Crippen molar-refractivity contribution in [2.45, 2.75) is 19.1 Å². The number of carbonyl (C=O) groups is 3. The number of esters is 1. The molecule has 0 spiro atoms. The van der Waals surface area contributed by atoms with Gasteiger partial charge in [0.1, 0.15) is 0 Å². The Hall–Kier alpha value is -4.91. The summed E-state index contributed by atoms with van der Waals surface area (Å²) >= 11 is 0. The number of hydrogen-bond donors (Lipinski definition) is 3. The van der Waals surface area contributed by atoms with Crippen LogP contribution in [0.3, 0.4) is 0 Å². The summed E-state index contributed by atoms with van der Waals surface area (Å²) in [5, 5.41) is 17.9. The molecule has 2 aromatic heterocycles. The minimum atomic E-state index is -1.57. The summed E-state index contributed by atoms with van der Waals surface area (Å²) in [7, 11) is 1.70. The summed E-state index contributed by atoms with van der Waals surface area (Å²) in [6.07, 6.45) is -1.20. The van der Waals surface area contributed by atoms with Crippen molar-refractivity contribution in [3.63, 3.8) is 0 Å². The molecule has 2 atom stereocenters. The van der Waals surface area contributed by atoms with E-state index in [9.17, 15) is 24.3 Å². The van der Waals surface area contributed by atoms with E-state index in [0.717, 1.165) is 12.3 Å².